The highest BCUT2D eigenvalue weighted by Crippen LogP contribution is 2.16. The zero-order valence-electron chi connectivity index (χ0n) is 9.88. The predicted octanol–water partition coefficient (Wildman–Crippen LogP) is 1.82. The predicted molar refractivity (Wildman–Crippen MR) is 71.8 cm³/mol. The highest BCUT2D eigenvalue weighted by atomic mass is 35.5. The Morgan fingerprint density at radius 1 is 1.25 bits per heavy atom. The maximum atomic E-state index is 11.9. The Hall–Kier alpha value is -2.67. The topological polar surface area (TPSA) is 101 Å². The molecular formula is C12H7ClN4O3. The van der Waals surface area contributed by atoms with Crippen LogP contribution in [0.3, 0.4) is 0 Å². The fourth-order valence-electron chi connectivity index (χ4n) is 1.66. The van der Waals surface area contributed by atoms with Crippen LogP contribution in [0, 0.1) is 0 Å². The van der Waals surface area contributed by atoms with Crippen LogP contribution in [0.2, 0.25) is 5.15 Å². The van der Waals surface area contributed by atoms with Gasteiger partial charge in [0, 0.05) is 5.69 Å². The van der Waals surface area contributed by atoms with E-state index in [4.69, 9.17) is 16.0 Å². The lowest BCUT2D eigenvalue weighted by molar-refractivity contribution is 0.102. The van der Waals surface area contributed by atoms with Crippen molar-refractivity contribution in [3.8, 4) is 0 Å². The number of halogens is 1. The molecule has 7 nitrogen and oxygen atoms in total. The third-order valence-electron chi connectivity index (χ3n) is 2.54. The van der Waals surface area contributed by atoms with Crippen molar-refractivity contribution >= 4 is 34.3 Å². The normalized spacial score (nSPS) is 10.7. The van der Waals surface area contributed by atoms with Crippen molar-refractivity contribution in [2.75, 3.05) is 5.32 Å². The maximum Gasteiger partial charge on any atom is 0.417 e. The van der Waals surface area contributed by atoms with E-state index in [0.29, 0.717) is 16.8 Å². The number of hydrogen-bond donors (Lipinski definition) is 2. The number of amides is 1. The Kier molecular flexibility index (Phi) is 2.96. The van der Waals surface area contributed by atoms with Gasteiger partial charge < -0.3 is 9.73 Å². The van der Waals surface area contributed by atoms with Crippen molar-refractivity contribution in [3.63, 3.8) is 0 Å². The first-order chi connectivity index (χ1) is 9.61. The molecule has 0 saturated carbocycles. The van der Waals surface area contributed by atoms with Gasteiger partial charge in [-0.2, -0.15) is 0 Å². The van der Waals surface area contributed by atoms with Gasteiger partial charge in [0.2, 0.25) is 0 Å². The van der Waals surface area contributed by atoms with Crippen LogP contribution >= 0.6 is 11.6 Å². The second-order valence-corrected chi connectivity index (χ2v) is 4.31. The Labute approximate surface area is 116 Å². The summed E-state index contributed by atoms with van der Waals surface area (Å²) in [5, 5.41) is 10.1. The number of aromatic amines is 1. The Balaban J connectivity index is 1.86. The average molecular weight is 291 g/mol. The first-order valence-corrected chi connectivity index (χ1v) is 5.93. The van der Waals surface area contributed by atoms with Gasteiger partial charge in [-0.1, -0.05) is 11.6 Å². The summed E-state index contributed by atoms with van der Waals surface area (Å²) >= 11 is 5.59. The van der Waals surface area contributed by atoms with Crippen LogP contribution in [-0.2, 0) is 0 Å². The molecule has 0 fully saturated rings. The van der Waals surface area contributed by atoms with Crippen molar-refractivity contribution in [2.45, 2.75) is 0 Å². The average Bonchev–Trinajstić information content (AvgIpc) is 2.78. The standard InChI is InChI=1S/C12H7ClN4O3/c13-10-4-2-7(16-17-10)11(18)14-6-1-3-9-8(5-6)15-12(19)20-9/h1-5H,(H,14,18)(H,15,19). The Morgan fingerprint density at radius 3 is 2.85 bits per heavy atom. The molecule has 8 heteroatoms. The van der Waals surface area contributed by atoms with Gasteiger partial charge in [-0.05, 0) is 30.3 Å². The molecule has 2 heterocycles. The van der Waals surface area contributed by atoms with Crippen molar-refractivity contribution < 1.29 is 9.21 Å². The molecule has 1 aromatic carbocycles. The molecule has 3 aromatic rings. The number of anilines is 1. The molecule has 1 amide bonds. The lowest BCUT2D eigenvalue weighted by Gasteiger charge is -2.03. The van der Waals surface area contributed by atoms with Gasteiger partial charge in [0.1, 0.15) is 0 Å². The van der Waals surface area contributed by atoms with Gasteiger partial charge >= 0.3 is 5.76 Å². The number of carbonyl (C=O) groups excluding carboxylic acids is 1. The zero-order valence-corrected chi connectivity index (χ0v) is 10.6. The number of carbonyl (C=O) groups is 1. The molecule has 0 aliphatic rings. The molecule has 0 saturated heterocycles. The van der Waals surface area contributed by atoms with Gasteiger partial charge in [-0.3, -0.25) is 9.78 Å². The van der Waals surface area contributed by atoms with Crippen LogP contribution in [0.1, 0.15) is 10.5 Å². The quantitative estimate of drug-likeness (QED) is 0.749. The molecule has 0 atom stereocenters. The summed E-state index contributed by atoms with van der Waals surface area (Å²) in [6.07, 6.45) is 0. The van der Waals surface area contributed by atoms with Gasteiger partial charge in [-0.25, -0.2) is 4.79 Å². The summed E-state index contributed by atoms with van der Waals surface area (Å²) in [6, 6.07) is 7.71. The molecule has 0 bridgehead atoms. The van der Waals surface area contributed by atoms with Crippen molar-refractivity contribution in [3.05, 3.63) is 51.7 Å². The molecule has 100 valence electrons. The molecule has 0 radical (unpaired) electrons. The molecule has 0 aliphatic heterocycles. The summed E-state index contributed by atoms with van der Waals surface area (Å²) in [4.78, 5) is 25.5. The fraction of sp³-hybridized carbons (Fsp3) is 0. The highest BCUT2D eigenvalue weighted by Gasteiger charge is 2.09. The summed E-state index contributed by atoms with van der Waals surface area (Å²) in [5.41, 5.74) is 1.54. The molecule has 0 spiro atoms. The van der Waals surface area contributed by atoms with E-state index in [9.17, 15) is 9.59 Å². The van der Waals surface area contributed by atoms with Crippen molar-refractivity contribution in [2.24, 2.45) is 0 Å². The number of oxazole rings is 1. The van der Waals surface area contributed by atoms with Crippen LogP contribution < -0.4 is 11.1 Å². The van der Waals surface area contributed by atoms with E-state index >= 15 is 0 Å². The van der Waals surface area contributed by atoms with Gasteiger partial charge in [0.25, 0.3) is 5.91 Å². The van der Waals surface area contributed by atoms with Crippen LogP contribution in [-0.4, -0.2) is 21.1 Å². The summed E-state index contributed by atoms with van der Waals surface area (Å²) < 4.78 is 4.86. The molecule has 20 heavy (non-hydrogen) atoms. The van der Waals surface area contributed by atoms with Crippen LogP contribution in [0.5, 0.6) is 0 Å². The minimum Gasteiger partial charge on any atom is -0.408 e. The van der Waals surface area contributed by atoms with Gasteiger partial charge in [0.15, 0.2) is 16.4 Å². The van der Waals surface area contributed by atoms with E-state index in [1.807, 2.05) is 0 Å². The third-order valence-corrected chi connectivity index (χ3v) is 2.74. The lowest BCUT2D eigenvalue weighted by atomic mass is 10.2. The van der Waals surface area contributed by atoms with E-state index in [2.05, 4.69) is 20.5 Å². The minimum absolute atomic E-state index is 0.134. The monoisotopic (exact) mass is 290 g/mol. The number of nitrogens with one attached hydrogen (secondary N) is 2. The first kappa shape index (κ1) is 12.4. The van der Waals surface area contributed by atoms with E-state index in [1.165, 1.54) is 12.1 Å². The molecule has 0 unspecified atom stereocenters. The zero-order chi connectivity index (χ0) is 14.1. The van der Waals surface area contributed by atoms with E-state index < -0.39 is 11.7 Å². The molecular weight excluding hydrogens is 284 g/mol. The number of nitrogens with zero attached hydrogens (tertiary/aromatic N) is 2. The van der Waals surface area contributed by atoms with Gasteiger partial charge in [0.05, 0.1) is 5.52 Å². The fourth-order valence-corrected chi connectivity index (χ4v) is 1.76. The van der Waals surface area contributed by atoms with E-state index in [1.54, 1.807) is 18.2 Å². The Morgan fingerprint density at radius 2 is 2.10 bits per heavy atom. The summed E-state index contributed by atoms with van der Waals surface area (Å²) in [5.74, 6) is -0.980. The number of hydrogen-bond acceptors (Lipinski definition) is 5. The van der Waals surface area contributed by atoms with Crippen LogP contribution in [0.4, 0.5) is 5.69 Å². The second kappa shape index (κ2) is 4.78. The molecule has 2 N–H and O–H groups in total. The maximum absolute atomic E-state index is 11.9. The molecule has 2 aromatic heterocycles. The third kappa shape index (κ3) is 2.39. The lowest BCUT2D eigenvalue weighted by Crippen LogP contribution is -2.14. The highest BCUT2D eigenvalue weighted by molar-refractivity contribution is 6.29. The number of benzene rings is 1. The van der Waals surface area contributed by atoms with Crippen molar-refractivity contribution in [1.29, 1.82) is 0 Å². The van der Waals surface area contributed by atoms with E-state index in [0.717, 1.165) is 0 Å². The molecule has 3 rings (SSSR count). The Bertz CT molecular complexity index is 838. The number of rotatable bonds is 2. The number of aromatic nitrogens is 3. The first-order valence-electron chi connectivity index (χ1n) is 5.55. The SMILES string of the molecule is O=C(Nc1ccc2oc(=O)[nH]c2c1)c1ccc(Cl)nn1. The summed E-state index contributed by atoms with van der Waals surface area (Å²) in [6.45, 7) is 0. The van der Waals surface area contributed by atoms with E-state index in [-0.39, 0.29) is 10.8 Å². The minimum atomic E-state index is -0.549. The van der Waals surface area contributed by atoms with Crippen molar-refractivity contribution in [1.82, 2.24) is 15.2 Å². The smallest absolute Gasteiger partial charge is 0.408 e. The molecule has 0 aliphatic carbocycles. The summed E-state index contributed by atoms with van der Waals surface area (Å²) in [7, 11) is 0. The number of H-pyrrole nitrogens is 1. The second-order valence-electron chi connectivity index (χ2n) is 3.92. The number of fused-ring (bicyclic) bond motifs is 1. The largest absolute Gasteiger partial charge is 0.417 e. The van der Waals surface area contributed by atoms with Crippen LogP contribution in [0.25, 0.3) is 11.1 Å². The van der Waals surface area contributed by atoms with Gasteiger partial charge in [-0.15, -0.1) is 10.2 Å². The van der Waals surface area contributed by atoms with Crippen LogP contribution in [0.15, 0.2) is 39.5 Å².